The van der Waals surface area contributed by atoms with Crippen molar-refractivity contribution in [2.75, 3.05) is 5.73 Å². The van der Waals surface area contributed by atoms with Gasteiger partial charge >= 0.3 is 0 Å². The van der Waals surface area contributed by atoms with Gasteiger partial charge in [-0.15, -0.1) is 0 Å². The van der Waals surface area contributed by atoms with Crippen molar-refractivity contribution < 1.29 is 4.79 Å². The van der Waals surface area contributed by atoms with E-state index in [1.807, 2.05) is 17.0 Å². The number of rotatable bonds is 2. The van der Waals surface area contributed by atoms with Crippen molar-refractivity contribution in [1.29, 1.82) is 0 Å². The highest BCUT2D eigenvalue weighted by Crippen LogP contribution is 2.28. The van der Waals surface area contributed by atoms with Gasteiger partial charge in [-0.2, -0.15) is 0 Å². The zero-order valence-electron chi connectivity index (χ0n) is 10.9. The van der Waals surface area contributed by atoms with Crippen LogP contribution in [0.4, 0.5) is 5.69 Å². The number of fused-ring (bicyclic) bond motifs is 1. The van der Waals surface area contributed by atoms with Gasteiger partial charge in [0.25, 0.3) is 5.91 Å². The molecule has 0 bridgehead atoms. The number of aryl methyl sites for hydroxylation is 1. The molecule has 1 aliphatic heterocycles. The number of hydrogen-bond donors (Lipinski definition) is 1. The number of nitrogen functional groups attached to an aromatic ring is 1. The minimum Gasteiger partial charge on any atom is -0.398 e. The molecule has 19 heavy (non-hydrogen) atoms. The molecule has 0 radical (unpaired) electrons. The Bertz CT molecular complexity index is 632. The molecule has 0 aliphatic carbocycles. The first kappa shape index (κ1) is 11.8. The van der Waals surface area contributed by atoms with E-state index in [9.17, 15) is 4.79 Å². The minimum absolute atomic E-state index is 0.0358. The first-order valence-electron chi connectivity index (χ1n) is 6.37. The number of carbonyl (C=O) groups is 1. The average molecular weight is 252 g/mol. The topological polar surface area (TPSA) is 46.3 Å². The van der Waals surface area contributed by atoms with E-state index < -0.39 is 0 Å². The number of anilines is 1. The highest BCUT2D eigenvalue weighted by Gasteiger charge is 2.28. The third kappa shape index (κ3) is 2.08. The Kier molecular flexibility index (Phi) is 2.75. The molecule has 0 saturated carbocycles. The Morgan fingerprint density at radius 3 is 2.58 bits per heavy atom. The average Bonchev–Trinajstić information content (AvgIpc) is 2.71. The van der Waals surface area contributed by atoms with E-state index in [1.165, 1.54) is 5.56 Å². The fourth-order valence-electron chi connectivity index (χ4n) is 2.49. The Labute approximate surface area is 112 Å². The second kappa shape index (κ2) is 4.43. The number of nitrogens with two attached hydrogens (primary N) is 1. The minimum atomic E-state index is 0.0358. The fraction of sp³-hybridized carbons (Fsp3) is 0.188. The summed E-state index contributed by atoms with van der Waals surface area (Å²) in [4.78, 5) is 14.2. The summed E-state index contributed by atoms with van der Waals surface area (Å²) in [6.07, 6.45) is 0. The molecule has 2 aromatic carbocycles. The molecule has 1 aliphatic rings. The van der Waals surface area contributed by atoms with Crippen LogP contribution in [-0.4, -0.2) is 10.8 Å². The van der Waals surface area contributed by atoms with Crippen molar-refractivity contribution in [3.8, 4) is 0 Å². The molecular weight excluding hydrogens is 236 g/mol. The van der Waals surface area contributed by atoms with Crippen LogP contribution >= 0.6 is 0 Å². The lowest BCUT2D eigenvalue weighted by Gasteiger charge is -2.15. The van der Waals surface area contributed by atoms with E-state index in [0.29, 0.717) is 24.3 Å². The molecule has 2 aromatic rings. The van der Waals surface area contributed by atoms with Gasteiger partial charge in [-0.1, -0.05) is 42.0 Å². The fourth-order valence-corrected chi connectivity index (χ4v) is 2.49. The summed E-state index contributed by atoms with van der Waals surface area (Å²) in [5.74, 6) is 0.0358. The SMILES string of the molecule is Cc1ccc(CN2Cc3cccc(N)c3C2=O)cc1. The second-order valence-corrected chi connectivity index (χ2v) is 5.03. The van der Waals surface area contributed by atoms with E-state index in [1.54, 1.807) is 6.07 Å². The molecule has 3 rings (SSSR count). The molecule has 1 heterocycles. The number of nitrogens with zero attached hydrogens (tertiary/aromatic N) is 1. The van der Waals surface area contributed by atoms with Crippen molar-refractivity contribution >= 4 is 11.6 Å². The summed E-state index contributed by atoms with van der Waals surface area (Å²) in [7, 11) is 0. The van der Waals surface area contributed by atoms with Crippen LogP contribution < -0.4 is 5.73 Å². The first-order chi connectivity index (χ1) is 9.15. The molecule has 96 valence electrons. The van der Waals surface area contributed by atoms with Crippen LogP contribution in [-0.2, 0) is 13.1 Å². The first-order valence-corrected chi connectivity index (χ1v) is 6.37. The van der Waals surface area contributed by atoms with Gasteiger partial charge in [-0.25, -0.2) is 0 Å². The standard InChI is InChI=1S/C16H16N2O/c1-11-5-7-12(8-6-11)9-18-10-13-3-2-4-14(17)15(13)16(18)19/h2-8H,9-10,17H2,1H3. The van der Waals surface area contributed by atoms with Crippen molar-refractivity contribution in [3.05, 3.63) is 64.7 Å². The third-order valence-electron chi connectivity index (χ3n) is 3.54. The largest absolute Gasteiger partial charge is 0.398 e. The predicted octanol–water partition coefficient (Wildman–Crippen LogP) is 2.73. The predicted molar refractivity (Wildman–Crippen MR) is 75.6 cm³/mol. The van der Waals surface area contributed by atoms with Crippen molar-refractivity contribution in [2.45, 2.75) is 20.0 Å². The number of benzene rings is 2. The molecule has 3 nitrogen and oxygen atoms in total. The van der Waals surface area contributed by atoms with Gasteiger partial charge in [-0.3, -0.25) is 4.79 Å². The van der Waals surface area contributed by atoms with Crippen molar-refractivity contribution in [3.63, 3.8) is 0 Å². The van der Waals surface area contributed by atoms with E-state index in [-0.39, 0.29) is 5.91 Å². The quantitative estimate of drug-likeness (QED) is 0.835. The molecule has 0 aromatic heterocycles. The van der Waals surface area contributed by atoms with Gasteiger partial charge in [0, 0.05) is 18.8 Å². The molecule has 0 saturated heterocycles. The van der Waals surface area contributed by atoms with E-state index in [2.05, 4.69) is 31.2 Å². The Hall–Kier alpha value is -2.29. The second-order valence-electron chi connectivity index (χ2n) is 5.03. The van der Waals surface area contributed by atoms with E-state index >= 15 is 0 Å². The summed E-state index contributed by atoms with van der Waals surface area (Å²) >= 11 is 0. The van der Waals surface area contributed by atoms with Crippen LogP contribution in [0.5, 0.6) is 0 Å². The molecule has 3 heteroatoms. The monoisotopic (exact) mass is 252 g/mol. The Morgan fingerprint density at radius 1 is 1.16 bits per heavy atom. The lowest BCUT2D eigenvalue weighted by Crippen LogP contribution is -2.23. The molecule has 0 atom stereocenters. The van der Waals surface area contributed by atoms with Gasteiger partial charge in [-0.05, 0) is 24.1 Å². The highest BCUT2D eigenvalue weighted by atomic mass is 16.2. The number of hydrogen-bond acceptors (Lipinski definition) is 2. The van der Waals surface area contributed by atoms with Crippen LogP contribution in [0, 0.1) is 6.92 Å². The van der Waals surface area contributed by atoms with Crippen LogP contribution in [0.25, 0.3) is 0 Å². The summed E-state index contributed by atoms with van der Waals surface area (Å²) in [6, 6.07) is 13.9. The smallest absolute Gasteiger partial charge is 0.256 e. The lowest BCUT2D eigenvalue weighted by atomic mass is 10.1. The van der Waals surface area contributed by atoms with Crippen LogP contribution in [0.1, 0.15) is 27.0 Å². The third-order valence-corrected chi connectivity index (χ3v) is 3.54. The summed E-state index contributed by atoms with van der Waals surface area (Å²) < 4.78 is 0. The maximum absolute atomic E-state index is 12.3. The van der Waals surface area contributed by atoms with Gasteiger partial charge in [0.05, 0.1) is 5.56 Å². The maximum atomic E-state index is 12.3. The van der Waals surface area contributed by atoms with Crippen LogP contribution in [0.2, 0.25) is 0 Å². The molecule has 0 unspecified atom stereocenters. The molecule has 0 fully saturated rings. The summed E-state index contributed by atoms with van der Waals surface area (Å²) in [5, 5.41) is 0. The van der Waals surface area contributed by atoms with Gasteiger partial charge in [0.15, 0.2) is 0 Å². The highest BCUT2D eigenvalue weighted by molar-refractivity contribution is 6.02. The normalized spacial score (nSPS) is 13.7. The summed E-state index contributed by atoms with van der Waals surface area (Å²) in [5.41, 5.74) is 10.5. The molecule has 0 spiro atoms. The van der Waals surface area contributed by atoms with Gasteiger partial charge in [0.1, 0.15) is 0 Å². The Balaban J connectivity index is 1.84. The van der Waals surface area contributed by atoms with Crippen LogP contribution in [0.3, 0.4) is 0 Å². The van der Waals surface area contributed by atoms with Gasteiger partial charge in [0.2, 0.25) is 0 Å². The number of carbonyl (C=O) groups excluding carboxylic acids is 1. The van der Waals surface area contributed by atoms with E-state index in [4.69, 9.17) is 5.73 Å². The Morgan fingerprint density at radius 2 is 1.89 bits per heavy atom. The van der Waals surface area contributed by atoms with Crippen molar-refractivity contribution in [1.82, 2.24) is 4.90 Å². The molecule has 2 N–H and O–H groups in total. The van der Waals surface area contributed by atoms with Gasteiger partial charge < -0.3 is 10.6 Å². The summed E-state index contributed by atoms with van der Waals surface area (Å²) in [6.45, 7) is 3.33. The molecule has 1 amide bonds. The zero-order chi connectivity index (χ0) is 13.4. The number of amides is 1. The lowest BCUT2D eigenvalue weighted by molar-refractivity contribution is 0.0767. The van der Waals surface area contributed by atoms with Crippen molar-refractivity contribution in [2.24, 2.45) is 0 Å². The molecular formula is C16H16N2O. The maximum Gasteiger partial charge on any atom is 0.256 e. The zero-order valence-corrected chi connectivity index (χ0v) is 10.9. The van der Waals surface area contributed by atoms with E-state index in [0.717, 1.165) is 11.1 Å². The van der Waals surface area contributed by atoms with Crippen LogP contribution in [0.15, 0.2) is 42.5 Å².